The van der Waals surface area contributed by atoms with Gasteiger partial charge >= 0.3 is 6.80 Å². The van der Waals surface area contributed by atoms with E-state index in [9.17, 15) is 19.3 Å². The first-order chi connectivity index (χ1) is 24.5. The fourth-order valence-corrected chi connectivity index (χ4v) is 8.96. The summed E-state index contributed by atoms with van der Waals surface area (Å²) in [5.74, 6) is 0.459. The molecule has 8 rings (SSSR count). The van der Waals surface area contributed by atoms with Crippen LogP contribution in [0.3, 0.4) is 0 Å². The summed E-state index contributed by atoms with van der Waals surface area (Å²) in [5.41, 5.74) is 3.23. The van der Waals surface area contributed by atoms with Crippen molar-refractivity contribution in [2.24, 2.45) is 0 Å². The molecule has 0 radical (unpaired) electrons. The van der Waals surface area contributed by atoms with Gasteiger partial charge in [0.05, 0.1) is 31.6 Å². The predicted octanol–water partition coefficient (Wildman–Crippen LogP) is 1.70. The third kappa shape index (κ3) is 6.73. The molecule has 1 aromatic carbocycles. The van der Waals surface area contributed by atoms with Crippen LogP contribution in [-0.2, 0) is 43.2 Å². The predicted molar refractivity (Wildman–Crippen MR) is 183 cm³/mol. The first-order valence-electron chi connectivity index (χ1n) is 15.8. The van der Waals surface area contributed by atoms with Crippen LogP contribution in [0.5, 0.6) is 0 Å². The van der Waals surface area contributed by atoms with Crippen molar-refractivity contribution in [2.45, 2.75) is 62.5 Å². The molecular weight excluding hydrogens is 727 g/mol. The van der Waals surface area contributed by atoms with Gasteiger partial charge in [-0.05, 0) is 12.5 Å². The summed E-state index contributed by atoms with van der Waals surface area (Å²) < 4.78 is 65.8. The molecule has 0 saturated carbocycles. The van der Waals surface area contributed by atoms with E-state index in [4.69, 9.17) is 27.6 Å². The third-order valence-electron chi connectivity index (χ3n) is 8.82. The average Bonchev–Trinajstić information content (AvgIpc) is 3.87. The highest BCUT2D eigenvalue weighted by Crippen LogP contribution is 2.58. The Balaban J connectivity index is 1.06. The maximum atomic E-state index is 13.7. The Kier molecular flexibility index (Phi) is 9.25. The van der Waals surface area contributed by atoms with E-state index in [1.54, 1.807) is 6.92 Å². The van der Waals surface area contributed by atoms with Crippen molar-refractivity contribution in [2.75, 3.05) is 18.5 Å². The molecule has 268 valence electrons. The lowest BCUT2D eigenvalue weighted by Crippen LogP contribution is -2.36. The third-order valence-corrected chi connectivity index (χ3v) is 11.7. The van der Waals surface area contributed by atoms with Gasteiger partial charge in [-0.1, -0.05) is 42.6 Å². The fourth-order valence-electron chi connectivity index (χ4n) is 6.32. The van der Waals surface area contributed by atoms with E-state index >= 15 is 0 Å². The van der Waals surface area contributed by atoms with Crippen LogP contribution >= 0.6 is 26.5 Å². The summed E-state index contributed by atoms with van der Waals surface area (Å²) in [5, 5.41) is 26.1. The second kappa shape index (κ2) is 13.6. The number of aromatic nitrogens is 8. The molecule has 7 heterocycles. The van der Waals surface area contributed by atoms with E-state index in [2.05, 4.69) is 47.5 Å². The largest absolute Gasteiger partial charge is 0.387 e. The molecule has 3 N–H and O–H groups in total. The van der Waals surface area contributed by atoms with Crippen LogP contribution in [0.25, 0.3) is 22.3 Å². The first-order valence-corrected chi connectivity index (χ1v) is 20.5. The van der Waals surface area contributed by atoms with E-state index in [0.29, 0.717) is 40.4 Å². The van der Waals surface area contributed by atoms with E-state index in [0.717, 1.165) is 5.56 Å². The molecule has 23 heteroatoms. The van der Waals surface area contributed by atoms with E-state index < -0.39 is 76.6 Å². The number of aliphatic hydroxyl groups excluding tert-OH is 2. The Bertz CT molecular complexity index is 2170. The monoisotopic (exact) mass is 759 g/mol. The molecule has 3 saturated heterocycles. The van der Waals surface area contributed by atoms with Crippen molar-refractivity contribution in [1.29, 1.82) is 0 Å². The molecule has 0 amide bonds. The molecule has 0 aliphatic carbocycles. The number of nitrogens with one attached hydrogen (secondary N) is 1. The highest BCUT2D eigenvalue weighted by molar-refractivity contribution is 8.44. The molecule has 5 aromatic rings. The zero-order valence-electron chi connectivity index (χ0n) is 27.0. The molecule has 3 aliphatic rings. The van der Waals surface area contributed by atoms with Crippen molar-refractivity contribution in [3.63, 3.8) is 0 Å². The van der Waals surface area contributed by atoms with Gasteiger partial charge in [-0.3, -0.25) is 22.7 Å². The number of aryl methyl sites for hydroxylation is 1. The second-order valence-corrected chi connectivity index (χ2v) is 17.1. The van der Waals surface area contributed by atoms with Crippen molar-refractivity contribution in [3.8, 4) is 0 Å². The van der Waals surface area contributed by atoms with Crippen LogP contribution in [0.4, 0.5) is 5.82 Å². The quantitative estimate of drug-likeness (QED) is 0.114. The number of hydrogen-bond donors (Lipinski definition) is 4. The Morgan fingerprint density at radius 3 is 2.29 bits per heavy atom. The Hall–Kier alpha value is -3.33. The Labute approximate surface area is 295 Å². The van der Waals surface area contributed by atoms with Crippen LogP contribution in [0.1, 0.15) is 23.7 Å². The van der Waals surface area contributed by atoms with Crippen LogP contribution < -0.4 is 5.32 Å². The minimum Gasteiger partial charge on any atom is -0.387 e. The van der Waals surface area contributed by atoms with E-state index in [-0.39, 0.29) is 0 Å². The summed E-state index contributed by atoms with van der Waals surface area (Å²) in [6, 6.07) is 9.73. The SMILES string of the molecule is BP1(=O)OC[C@H]2O[C@@H](n3cnc4c(C)ncnc43)[C@H](OP(=O)(S)OC[C@H]3O[C@@H](n4cnc5c(NCc6ccccc6)ncnc54)[C@H](O)[C@@H]3O1)[C@@H]2O. The van der Waals surface area contributed by atoms with Gasteiger partial charge in [-0.2, -0.15) is 0 Å². The van der Waals surface area contributed by atoms with Crippen LogP contribution in [0, 0.1) is 6.92 Å². The van der Waals surface area contributed by atoms with Gasteiger partial charge in [0.1, 0.15) is 54.8 Å². The van der Waals surface area contributed by atoms with Crippen molar-refractivity contribution in [3.05, 3.63) is 66.9 Å². The minimum absolute atomic E-state index is 0.333. The molecule has 3 aliphatic heterocycles. The van der Waals surface area contributed by atoms with Gasteiger partial charge in [-0.25, -0.2) is 34.5 Å². The van der Waals surface area contributed by atoms with Crippen LogP contribution in [0.2, 0.25) is 0 Å². The number of imidazole rings is 2. The number of rotatable bonds is 5. The molecule has 51 heavy (non-hydrogen) atoms. The number of benzene rings is 1. The highest BCUT2D eigenvalue weighted by atomic mass is 32.7. The first kappa shape index (κ1) is 34.7. The van der Waals surface area contributed by atoms with Crippen LogP contribution in [-0.4, -0.2) is 107 Å². The number of thiol groups is 1. The molecule has 19 nitrogen and oxygen atoms in total. The van der Waals surface area contributed by atoms with Crippen LogP contribution in [0.15, 0.2) is 55.6 Å². The number of anilines is 1. The number of hydrogen-bond acceptors (Lipinski definition) is 17. The molecular formula is C28H32BN9O10P2S. The number of nitrogens with zero attached hydrogens (tertiary/aromatic N) is 8. The lowest BCUT2D eigenvalue weighted by molar-refractivity contribution is -0.0576. The maximum Gasteiger partial charge on any atom is 0.386 e. The Morgan fingerprint density at radius 2 is 1.51 bits per heavy atom. The highest BCUT2D eigenvalue weighted by Gasteiger charge is 2.53. The molecule has 10 atom stereocenters. The van der Waals surface area contributed by atoms with Crippen molar-refractivity contribution >= 4 is 62.2 Å². The van der Waals surface area contributed by atoms with E-state index in [1.807, 2.05) is 30.3 Å². The van der Waals surface area contributed by atoms with Gasteiger partial charge in [0.15, 0.2) is 35.1 Å². The van der Waals surface area contributed by atoms with Crippen molar-refractivity contribution < 1.29 is 46.9 Å². The minimum atomic E-state index is -4.29. The van der Waals surface area contributed by atoms with Crippen molar-refractivity contribution in [1.82, 2.24) is 39.0 Å². The zero-order chi connectivity index (χ0) is 35.5. The number of aliphatic hydroxyl groups is 2. The molecule has 0 spiro atoms. The summed E-state index contributed by atoms with van der Waals surface area (Å²) in [7, 11) is -2.77. The van der Waals surface area contributed by atoms with Gasteiger partial charge in [-0.15, -0.1) is 0 Å². The molecule has 2 unspecified atom stereocenters. The summed E-state index contributed by atoms with van der Waals surface area (Å²) in [6.07, 6.45) is -4.58. The van der Waals surface area contributed by atoms with Gasteiger partial charge in [0.2, 0.25) is 0 Å². The van der Waals surface area contributed by atoms with Gasteiger partial charge in [0, 0.05) is 6.54 Å². The van der Waals surface area contributed by atoms with Gasteiger partial charge in [0.25, 0.3) is 15.0 Å². The van der Waals surface area contributed by atoms with Gasteiger partial charge < -0.3 is 34.1 Å². The average molecular weight is 759 g/mol. The lowest BCUT2D eigenvalue weighted by Gasteiger charge is -2.27. The standard InChI is InChI=1S/C28H32BN9O10P2S/c1-14-18-25(33-10-31-14)38(12-35-18)28-23-20(39)16(45-28)8-43-49(29,41)47-22-17(9-44-50(42,51)48-23)46-27(21(22)40)37-13-36-19-24(32-11-34-26(19)37)30-7-15-5-3-2-4-6-15/h2-6,10-13,16-17,20-23,27-28,39-40H,7-9,29H2,1H3,(H,42,51)(H,30,32,34)/t16-,17-,20-,21-,22-,23-,27-,28-,49?,50?/m1/s1. The normalized spacial score (nSPS) is 34.5. The molecule has 2 bridgehead atoms. The fraction of sp³-hybridized carbons (Fsp3) is 0.429. The number of ether oxygens (including phenoxy) is 2. The van der Waals surface area contributed by atoms with E-state index in [1.165, 1.54) is 42.0 Å². The smallest absolute Gasteiger partial charge is 0.386 e. The summed E-state index contributed by atoms with van der Waals surface area (Å²) >= 11 is 4.19. The maximum absolute atomic E-state index is 13.7. The second-order valence-electron chi connectivity index (χ2n) is 12.3. The zero-order valence-corrected chi connectivity index (χ0v) is 29.7. The number of fused-ring (bicyclic) bond motifs is 5. The molecule has 4 aromatic heterocycles. The lowest BCUT2D eigenvalue weighted by atomic mass is 10.1. The topological polar surface area (TPSA) is 229 Å². The summed E-state index contributed by atoms with van der Waals surface area (Å²) in [6.45, 7) is -2.98. The summed E-state index contributed by atoms with van der Waals surface area (Å²) in [4.78, 5) is 26.0. The Morgan fingerprint density at radius 1 is 0.843 bits per heavy atom. The molecule has 3 fully saturated rings.